The Kier molecular flexibility index (Phi) is 5.79. The van der Waals surface area contributed by atoms with Crippen molar-refractivity contribution >= 4 is 11.6 Å². The lowest BCUT2D eigenvalue weighted by atomic mass is 9.88. The zero-order valence-corrected chi connectivity index (χ0v) is 16.4. The van der Waals surface area contributed by atoms with Crippen molar-refractivity contribution in [3.05, 3.63) is 83.7 Å². The van der Waals surface area contributed by atoms with Crippen LogP contribution >= 0.6 is 0 Å². The molecule has 31 heavy (non-hydrogen) atoms. The molecule has 0 radical (unpaired) electrons. The molecular weight excluding hydrogens is 409 g/mol. The molecule has 3 aromatic rings. The van der Waals surface area contributed by atoms with Gasteiger partial charge in [0.2, 0.25) is 5.91 Å². The van der Waals surface area contributed by atoms with Crippen molar-refractivity contribution in [2.75, 3.05) is 18.5 Å². The van der Waals surface area contributed by atoms with E-state index in [9.17, 15) is 18.0 Å². The molecule has 1 N–H and O–H groups in total. The van der Waals surface area contributed by atoms with E-state index in [2.05, 4.69) is 10.3 Å². The van der Waals surface area contributed by atoms with E-state index in [0.29, 0.717) is 36.0 Å². The molecule has 1 atom stereocenters. The molecule has 0 saturated heterocycles. The third-order valence-corrected chi connectivity index (χ3v) is 4.94. The number of nitrogens with zero attached hydrogens (tertiary/aromatic N) is 1. The van der Waals surface area contributed by atoms with Crippen molar-refractivity contribution in [3.8, 4) is 11.5 Å². The number of benzene rings is 2. The first-order valence-electron chi connectivity index (χ1n) is 9.67. The molecule has 1 aliphatic heterocycles. The van der Waals surface area contributed by atoms with Crippen LogP contribution in [0.15, 0.2) is 67.0 Å². The predicted molar refractivity (Wildman–Crippen MR) is 108 cm³/mol. The number of rotatable bonds is 5. The fraction of sp³-hybridized carbons (Fsp3) is 0.217. The van der Waals surface area contributed by atoms with Gasteiger partial charge in [0.05, 0.1) is 5.56 Å². The summed E-state index contributed by atoms with van der Waals surface area (Å²) in [6, 6.07) is 13.5. The first kappa shape index (κ1) is 20.7. The molecule has 160 valence electrons. The number of pyridine rings is 1. The normalized spacial score (nSPS) is 14.0. The van der Waals surface area contributed by atoms with Crippen molar-refractivity contribution in [1.82, 2.24) is 4.98 Å². The number of hydrogen-bond donors (Lipinski definition) is 1. The van der Waals surface area contributed by atoms with Crippen LogP contribution in [0, 0.1) is 0 Å². The Labute approximate surface area is 176 Å². The minimum absolute atomic E-state index is 0.0332. The zero-order valence-electron chi connectivity index (χ0n) is 16.4. The van der Waals surface area contributed by atoms with Crippen LogP contribution in [-0.4, -0.2) is 24.1 Å². The SMILES string of the molecule is O=C(CC(c1ccc(C(F)(F)F)cc1)c1cccnc1)Nc1ccc2c(c1)OCCO2. The molecule has 0 bridgehead atoms. The van der Waals surface area contributed by atoms with Gasteiger partial charge in [0.1, 0.15) is 13.2 Å². The molecule has 0 aliphatic carbocycles. The van der Waals surface area contributed by atoms with E-state index in [0.717, 1.165) is 17.7 Å². The number of aromatic nitrogens is 1. The Hall–Kier alpha value is -3.55. The highest BCUT2D eigenvalue weighted by Crippen LogP contribution is 2.35. The van der Waals surface area contributed by atoms with Gasteiger partial charge in [-0.15, -0.1) is 0 Å². The van der Waals surface area contributed by atoms with E-state index in [1.54, 1.807) is 42.7 Å². The lowest BCUT2D eigenvalue weighted by molar-refractivity contribution is -0.137. The molecule has 1 aliphatic rings. The standard InChI is InChI=1S/C23H19F3N2O3/c24-23(25,26)17-5-3-15(4-6-17)19(16-2-1-9-27-14-16)13-22(29)28-18-7-8-20-21(12-18)31-11-10-30-20/h1-9,12,14,19H,10-11,13H2,(H,28,29). The second-order valence-electron chi connectivity index (χ2n) is 7.07. The third-order valence-electron chi connectivity index (χ3n) is 4.94. The Balaban J connectivity index is 1.54. The van der Waals surface area contributed by atoms with Crippen LogP contribution in [0.5, 0.6) is 11.5 Å². The number of alkyl halides is 3. The Bertz CT molecular complexity index is 1050. The topological polar surface area (TPSA) is 60.5 Å². The molecule has 0 fully saturated rings. The molecule has 2 aromatic carbocycles. The fourth-order valence-corrected chi connectivity index (χ4v) is 3.43. The highest BCUT2D eigenvalue weighted by atomic mass is 19.4. The summed E-state index contributed by atoms with van der Waals surface area (Å²) < 4.78 is 49.8. The Morgan fingerprint density at radius 3 is 2.42 bits per heavy atom. The molecule has 1 unspecified atom stereocenters. The van der Waals surface area contributed by atoms with E-state index in [4.69, 9.17) is 9.47 Å². The molecule has 5 nitrogen and oxygen atoms in total. The second kappa shape index (κ2) is 8.67. The highest BCUT2D eigenvalue weighted by molar-refractivity contribution is 5.92. The number of nitrogens with one attached hydrogen (secondary N) is 1. The van der Waals surface area contributed by atoms with Crippen molar-refractivity contribution in [3.63, 3.8) is 0 Å². The molecule has 2 heterocycles. The van der Waals surface area contributed by atoms with Gasteiger partial charge in [0, 0.05) is 36.5 Å². The second-order valence-corrected chi connectivity index (χ2v) is 7.07. The summed E-state index contributed by atoms with van der Waals surface area (Å²) in [6.45, 7) is 0.903. The van der Waals surface area contributed by atoms with Gasteiger partial charge < -0.3 is 14.8 Å². The van der Waals surface area contributed by atoms with Crippen molar-refractivity contribution in [2.45, 2.75) is 18.5 Å². The quantitative estimate of drug-likeness (QED) is 0.619. The fourth-order valence-electron chi connectivity index (χ4n) is 3.43. The lowest BCUT2D eigenvalue weighted by Gasteiger charge is -2.20. The third kappa shape index (κ3) is 4.96. The van der Waals surface area contributed by atoms with Crippen LogP contribution in [0.2, 0.25) is 0 Å². The summed E-state index contributed by atoms with van der Waals surface area (Å²) in [5.74, 6) is 0.427. The first-order valence-corrected chi connectivity index (χ1v) is 9.67. The van der Waals surface area contributed by atoms with Gasteiger partial charge in [-0.05, 0) is 41.5 Å². The number of halogens is 3. The van der Waals surface area contributed by atoms with Gasteiger partial charge >= 0.3 is 6.18 Å². The summed E-state index contributed by atoms with van der Waals surface area (Å²) in [5, 5.41) is 2.82. The summed E-state index contributed by atoms with van der Waals surface area (Å²) >= 11 is 0. The van der Waals surface area contributed by atoms with Crippen LogP contribution in [0.3, 0.4) is 0 Å². The van der Waals surface area contributed by atoms with Crippen molar-refractivity contribution < 1.29 is 27.4 Å². The summed E-state index contributed by atoms with van der Waals surface area (Å²) in [4.78, 5) is 16.9. The van der Waals surface area contributed by atoms with Crippen LogP contribution in [0.25, 0.3) is 0 Å². The number of carbonyl (C=O) groups is 1. The molecule has 1 amide bonds. The first-order chi connectivity index (χ1) is 14.9. The van der Waals surface area contributed by atoms with Crippen LogP contribution in [-0.2, 0) is 11.0 Å². The lowest BCUT2D eigenvalue weighted by Crippen LogP contribution is -2.18. The van der Waals surface area contributed by atoms with Crippen molar-refractivity contribution in [2.24, 2.45) is 0 Å². The smallest absolute Gasteiger partial charge is 0.416 e. The molecule has 0 spiro atoms. The maximum atomic E-state index is 12.9. The van der Waals surface area contributed by atoms with Crippen LogP contribution in [0.4, 0.5) is 18.9 Å². The predicted octanol–water partition coefficient (Wildman–Crippen LogP) is 5.03. The minimum Gasteiger partial charge on any atom is -0.486 e. The Morgan fingerprint density at radius 1 is 1.00 bits per heavy atom. The highest BCUT2D eigenvalue weighted by Gasteiger charge is 2.30. The molecular formula is C23H19F3N2O3. The molecule has 0 saturated carbocycles. The van der Waals surface area contributed by atoms with Crippen LogP contribution in [0.1, 0.15) is 29.0 Å². The zero-order chi connectivity index (χ0) is 21.8. The maximum absolute atomic E-state index is 12.9. The summed E-state index contributed by atoms with van der Waals surface area (Å²) in [7, 11) is 0. The van der Waals surface area contributed by atoms with Gasteiger partial charge in [-0.25, -0.2) is 0 Å². The van der Waals surface area contributed by atoms with E-state index in [1.165, 1.54) is 12.1 Å². The van der Waals surface area contributed by atoms with Gasteiger partial charge in [-0.3, -0.25) is 9.78 Å². The summed E-state index contributed by atoms with van der Waals surface area (Å²) in [6.07, 6.45) is -1.17. The van der Waals surface area contributed by atoms with E-state index < -0.39 is 17.7 Å². The maximum Gasteiger partial charge on any atom is 0.416 e. The van der Waals surface area contributed by atoms with Gasteiger partial charge in [0.15, 0.2) is 11.5 Å². The number of carbonyl (C=O) groups excluding carboxylic acids is 1. The average molecular weight is 428 g/mol. The average Bonchev–Trinajstić information content (AvgIpc) is 2.77. The Morgan fingerprint density at radius 2 is 1.74 bits per heavy atom. The number of ether oxygens (including phenoxy) is 2. The van der Waals surface area contributed by atoms with Gasteiger partial charge in [-0.1, -0.05) is 18.2 Å². The number of hydrogen-bond acceptors (Lipinski definition) is 4. The van der Waals surface area contributed by atoms with Crippen LogP contribution < -0.4 is 14.8 Å². The number of amides is 1. The van der Waals surface area contributed by atoms with Crippen molar-refractivity contribution in [1.29, 1.82) is 0 Å². The number of anilines is 1. The largest absolute Gasteiger partial charge is 0.486 e. The van der Waals surface area contributed by atoms with Gasteiger partial charge in [-0.2, -0.15) is 13.2 Å². The molecule has 8 heteroatoms. The van der Waals surface area contributed by atoms with E-state index in [1.807, 2.05) is 0 Å². The molecule has 4 rings (SSSR count). The molecule has 1 aromatic heterocycles. The number of fused-ring (bicyclic) bond motifs is 1. The minimum atomic E-state index is -4.42. The summed E-state index contributed by atoms with van der Waals surface area (Å²) in [5.41, 5.74) is 1.14. The van der Waals surface area contributed by atoms with Gasteiger partial charge in [0.25, 0.3) is 0 Å². The monoisotopic (exact) mass is 428 g/mol. The van der Waals surface area contributed by atoms with E-state index >= 15 is 0 Å². The van der Waals surface area contributed by atoms with E-state index in [-0.39, 0.29) is 12.3 Å².